The molecule has 32 heavy (non-hydrogen) atoms. The number of nitrogens with one attached hydrogen (secondary N) is 1. The number of nitrogens with two attached hydrogens (primary N) is 1. The van der Waals surface area contributed by atoms with Gasteiger partial charge in [-0.2, -0.15) is 0 Å². The molecule has 1 aliphatic rings. The molecule has 2 aromatic carbocycles. The summed E-state index contributed by atoms with van der Waals surface area (Å²) in [7, 11) is 0. The highest BCUT2D eigenvalue weighted by molar-refractivity contribution is 6.07. The lowest BCUT2D eigenvalue weighted by atomic mass is 9.63. The van der Waals surface area contributed by atoms with Crippen LogP contribution >= 0.6 is 0 Å². The molecule has 2 aromatic heterocycles. The van der Waals surface area contributed by atoms with Crippen molar-refractivity contribution in [1.29, 1.82) is 0 Å². The summed E-state index contributed by atoms with van der Waals surface area (Å²) >= 11 is 0. The molecule has 0 unspecified atom stereocenters. The van der Waals surface area contributed by atoms with Gasteiger partial charge in [0, 0.05) is 24.3 Å². The first-order chi connectivity index (χ1) is 15.5. The summed E-state index contributed by atoms with van der Waals surface area (Å²) < 4.78 is 1.53. The van der Waals surface area contributed by atoms with Crippen molar-refractivity contribution in [3.63, 3.8) is 0 Å². The molecule has 0 spiro atoms. The molecule has 4 aromatic rings. The largest absolute Gasteiger partial charge is 0.368 e. The van der Waals surface area contributed by atoms with Crippen LogP contribution in [0.25, 0.3) is 21.7 Å². The highest BCUT2D eigenvalue weighted by Crippen LogP contribution is 2.44. The second-order valence-corrected chi connectivity index (χ2v) is 8.45. The maximum Gasteiger partial charge on any atom is 0.281 e. The highest BCUT2D eigenvalue weighted by Gasteiger charge is 2.45. The molecule has 0 bridgehead atoms. The number of carbonyl (C=O) groups excluding carboxylic acids is 2. The molecule has 0 saturated heterocycles. The van der Waals surface area contributed by atoms with Gasteiger partial charge >= 0.3 is 0 Å². The number of fused-ring (bicyclic) bond motifs is 2. The van der Waals surface area contributed by atoms with E-state index in [1.807, 2.05) is 49.4 Å². The summed E-state index contributed by atoms with van der Waals surface area (Å²) in [6.45, 7) is 2.69. The zero-order valence-electron chi connectivity index (χ0n) is 18.0. The van der Waals surface area contributed by atoms with Gasteiger partial charge in [0.25, 0.3) is 5.91 Å². The van der Waals surface area contributed by atoms with E-state index in [9.17, 15) is 9.59 Å². The molecule has 1 aliphatic carbocycles. The summed E-state index contributed by atoms with van der Waals surface area (Å²) in [4.78, 5) is 35.1. The molecule has 162 valence electrons. The Labute approximate surface area is 185 Å². The molecule has 1 amide bonds. The lowest BCUT2D eigenvalue weighted by molar-refractivity contribution is -0.129. The van der Waals surface area contributed by atoms with Gasteiger partial charge in [0.15, 0.2) is 0 Å². The van der Waals surface area contributed by atoms with Crippen LogP contribution in [0.3, 0.4) is 0 Å². The Balaban J connectivity index is 1.61. The van der Waals surface area contributed by atoms with Crippen molar-refractivity contribution >= 4 is 39.4 Å². The van der Waals surface area contributed by atoms with Crippen LogP contribution in [0, 0.1) is 0 Å². The Morgan fingerprint density at radius 3 is 2.44 bits per heavy atom. The van der Waals surface area contributed by atoms with Crippen LogP contribution in [0.2, 0.25) is 0 Å². The summed E-state index contributed by atoms with van der Waals surface area (Å²) in [5.74, 6) is -0.189. The standard InChI is InChI=1S/C25H25N5O2/c1-2-12-27-23(32)25(10-5-11-25)18-8-9-20-19(13-18)21(29-24(26)28-20)22(31)30-14-16-6-3-4-7-17(16)15-30/h3-4,6-9,13-15H,2,5,10-12H2,1H3,(H,27,32)(H2,26,28,29). The minimum Gasteiger partial charge on any atom is -0.368 e. The summed E-state index contributed by atoms with van der Waals surface area (Å²) in [6.07, 6.45) is 7.04. The second-order valence-electron chi connectivity index (χ2n) is 8.45. The fraction of sp³-hybridized carbons (Fsp3) is 0.280. The molecule has 7 heteroatoms. The third-order valence-corrected chi connectivity index (χ3v) is 6.43. The van der Waals surface area contributed by atoms with Gasteiger partial charge in [-0.15, -0.1) is 0 Å². The Morgan fingerprint density at radius 2 is 1.81 bits per heavy atom. The van der Waals surface area contributed by atoms with Crippen molar-refractivity contribution < 1.29 is 9.59 Å². The SMILES string of the molecule is CCCNC(=O)C1(c2ccc3nc(N)nc(C(=O)n4cc5ccccc5c4)c3c2)CCC1. The van der Waals surface area contributed by atoms with Gasteiger partial charge in [-0.25, -0.2) is 9.97 Å². The Hall–Kier alpha value is -3.74. The normalized spacial score (nSPS) is 14.9. The number of hydrogen-bond acceptors (Lipinski definition) is 5. The Kier molecular flexibility index (Phi) is 4.89. The zero-order chi connectivity index (χ0) is 22.3. The molecule has 1 fully saturated rings. The number of aromatic nitrogens is 3. The van der Waals surface area contributed by atoms with Gasteiger partial charge in [0.2, 0.25) is 11.9 Å². The number of rotatable bonds is 5. The van der Waals surface area contributed by atoms with Crippen molar-refractivity contribution in [3.05, 3.63) is 66.1 Å². The summed E-state index contributed by atoms with van der Waals surface area (Å²) in [5, 5.41) is 5.59. The van der Waals surface area contributed by atoms with Gasteiger partial charge in [0.1, 0.15) is 5.69 Å². The predicted octanol–water partition coefficient (Wildman–Crippen LogP) is 3.80. The minimum atomic E-state index is -0.562. The van der Waals surface area contributed by atoms with E-state index in [1.54, 1.807) is 12.4 Å². The molecule has 2 heterocycles. The van der Waals surface area contributed by atoms with Gasteiger partial charge in [-0.3, -0.25) is 14.2 Å². The Morgan fingerprint density at radius 1 is 1.09 bits per heavy atom. The van der Waals surface area contributed by atoms with Gasteiger partial charge in [-0.05, 0) is 47.7 Å². The number of benzene rings is 2. The molecule has 7 nitrogen and oxygen atoms in total. The third kappa shape index (κ3) is 3.21. The number of carbonyl (C=O) groups is 2. The molecule has 3 N–H and O–H groups in total. The first-order valence-electron chi connectivity index (χ1n) is 11.0. The number of nitrogens with zero attached hydrogens (tertiary/aromatic N) is 3. The van der Waals surface area contributed by atoms with Crippen LogP contribution in [0.15, 0.2) is 54.9 Å². The molecule has 0 atom stereocenters. The second kappa shape index (κ2) is 7.75. The van der Waals surface area contributed by atoms with E-state index in [4.69, 9.17) is 5.73 Å². The highest BCUT2D eigenvalue weighted by atomic mass is 16.2. The van der Waals surface area contributed by atoms with Crippen molar-refractivity contribution in [3.8, 4) is 0 Å². The molecule has 1 saturated carbocycles. The first kappa shape index (κ1) is 20.2. The van der Waals surface area contributed by atoms with Crippen molar-refractivity contribution in [1.82, 2.24) is 19.9 Å². The van der Waals surface area contributed by atoms with Crippen molar-refractivity contribution in [2.45, 2.75) is 38.0 Å². The fourth-order valence-corrected chi connectivity index (χ4v) is 4.51. The quantitative estimate of drug-likeness (QED) is 0.504. The lowest BCUT2D eigenvalue weighted by Gasteiger charge is -2.41. The van der Waals surface area contributed by atoms with E-state index in [0.29, 0.717) is 17.4 Å². The van der Waals surface area contributed by atoms with Crippen molar-refractivity contribution in [2.75, 3.05) is 12.3 Å². The van der Waals surface area contributed by atoms with Crippen LogP contribution in [-0.4, -0.2) is 32.9 Å². The maximum absolute atomic E-state index is 13.4. The number of amides is 1. The average Bonchev–Trinajstić information content (AvgIpc) is 3.20. The smallest absolute Gasteiger partial charge is 0.281 e. The van der Waals surface area contributed by atoms with Crippen LogP contribution in [-0.2, 0) is 10.2 Å². The third-order valence-electron chi connectivity index (χ3n) is 6.43. The van der Waals surface area contributed by atoms with Crippen LogP contribution in [0.5, 0.6) is 0 Å². The lowest BCUT2D eigenvalue weighted by Crippen LogP contribution is -2.49. The maximum atomic E-state index is 13.4. The number of nitrogen functional groups attached to an aromatic ring is 1. The summed E-state index contributed by atoms with van der Waals surface area (Å²) in [5.41, 5.74) is 7.09. The van der Waals surface area contributed by atoms with Gasteiger partial charge < -0.3 is 11.1 Å². The van der Waals surface area contributed by atoms with Gasteiger partial charge in [0.05, 0.1) is 10.9 Å². The average molecular weight is 428 g/mol. The van der Waals surface area contributed by atoms with Crippen LogP contribution in [0.1, 0.15) is 48.7 Å². The minimum absolute atomic E-state index is 0.0457. The molecule has 0 radical (unpaired) electrons. The van der Waals surface area contributed by atoms with Gasteiger partial charge in [-0.1, -0.05) is 43.7 Å². The molecule has 5 rings (SSSR count). The monoisotopic (exact) mass is 427 g/mol. The molecular weight excluding hydrogens is 402 g/mol. The predicted molar refractivity (Wildman–Crippen MR) is 124 cm³/mol. The molecular formula is C25H25N5O2. The number of anilines is 1. The van der Waals surface area contributed by atoms with E-state index in [0.717, 1.165) is 42.0 Å². The molecule has 0 aliphatic heterocycles. The van der Waals surface area contributed by atoms with E-state index in [2.05, 4.69) is 15.3 Å². The Bertz CT molecular complexity index is 1320. The van der Waals surface area contributed by atoms with Crippen LogP contribution < -0.4 is 11.1 Å². The van der Waals surface area contributed by atoms with E-state index < -0.39 is 5.41 Å². The van der Waals surface area contributed by atoms with E-state index in [1.165, 1.54) is 4.57 Å². The van der Waals surface area contributed by atoms with E-state index in [-0.39, 0.29) is 23.5 Å². The number of hydrogen-bond donors (Lipinski definition) is 2. The fourth-order valence-electron chi connectivity index (χ4n) is 4.51. The topological polar surface area (TPSA) is 103 Å². The van der Waals surface area contributed by atoms with Crippen LogP contribution in [0.4, 0.5) is 5.95 Å². The van der Waals surface area contributed by atoms with Crippen molar-refractivity contribution in [2.24, 2.45) is 0 Å². The van der Waals surface area contributed by atoms with E-state index >= 15 is 0 Å². The first-order valence-corrected chi connectivity index (χ1v) is 11.0. The zero-order valence-corrected chi connectivity index (χ0v) is 18.0. The summed E-state index contributed by atoms with van der Waals surface area (Å²) in [6, 6.07) is 13.4.